The second kappa shape index (κ2) is 5.05. The number of hydrogen-bond donors (Lipinski definition) is 1. The van der Waals surface area contributed by atoms with Crippen LogP contribution >= 0.6 is 0 Å². The van der Waals surface area contributed by atoms with E-state index in [9.17, 15) is 4.79 Å². The van der Waals surface area contributed by atoms with Gasteiger partial charge in [0.15, 0.2) is 0 Å². The predicted octanol–water partition coefficient (Wildman–Crippen LogP) is -0.232. The molecule has 86 valence electrons. The highest BCUT2D eigenvalue weighted by Gasteiger charge is 2.25. The Kier molecular flexibility index (Phi) is 3.48. The van der Waals surface area contributed by atoms with E-state index in [-0.39, 0.29) is 18.6 Å². The zero-order valence-electron chi connectivity index (χ0n) is 9.00. The zero-order valence-corrected chi connectivity index (χ0v) is 9.00. The van der Waals surface area contributed by atoms with E-state index < -0.39 is 0 Å². The minimum absolute atomic E-state index is 0.0153. The van der Waals surface area contributed by atoms with Crippen molar-refractivity contribution in [3.63, 3.8) is 0 Å². The molecule has 1 fully saturated rings. The molecule has 1 aromatic heterocycles. The molecule has 1 saturated heterocycles. The van der Waals surface area contributed by atoms with Gasteiger partial charge in [-0.2, -0.15) is 0 Å². The van der Waals surface area contributed by atoms with Crippen molar-refractivity contribution in [2.45, 2.75) is 12.6 Å². The summed E-state index contributed by atoms with van der Waals surface area (Å²) in [5.74, 6) is 0.0153. The van der Waals surface area contributed by atoms with Gasteiger partial charge in [-0.25, -0.2) is 0 Å². The van der Waals surface area contributed by atoms with Crippen LogP contribution in [0.15, 0.2) is 24.5 Å². The van der Waals surface area contributed by atoms with E-state index in [4.69, 9.17) is 10.5 Å². The molecule has 2 heterocycles. The highest BCUT2D eigenvalue weighted by molar-refractivity contribution is 5.78. The first-order valence-electron chi connectivity index (χ1n) is 5.28. The Balaban J connectivity index is 2.00. The van der Waals surface area contributed by atoms with Crippen LogP contribution in [-0.2, 0) is 16.1 Å². The summed E-state index contributed by atoms with van der Waals surface area (Å²) >= 11 is 0. The van der Waals surface area contributed by atoms with Crippen molar-refractivity contribution in [2.75, 3.05) is 19.7 Å². The minimum atomic E-state index is -0.0421. The van der Waals surface area contributed by atoms with Gasteiger partial charge in [0.25, 0.3) is 0 Å². The highest BCUT2D eigenvalue weighted by Crippen LogP contribution is 2.10. The zero-order chi connectivity index (χ0) is 11.4. The minimum Gasteiger partial charge on any atom is -0.365 e. The fraction of sp³-hybridized carbons (Fsp3) is 0.455. The second-order valence-electron chi connectivity index (χ2n) is 3.80. The summed E-state index contributed by atoms with van der Waals surface area (Å²) in [7, 11) is 0. The third-order valence-electron chi connectivity index (χ3n) is 2.60. The average molecular weight is 221 g/mol. The molecule has 0 aliphatic carbocycles. The molecule has 0 saturated carbocycles. The number of nitrogens with two attached hydrogens (primary N) is 1. The maximum atomic E-state index is 11.6. The number of morpholine rings is 1. The fourth-order valence-electron chi connectivity index (χ4n) is 1.68. The third-order valence-corrected chi connectivity index (χ3v) is 2.60. The van der Waals surface area contributed by atoms with Crippen LogP contribution in [0.3, 0.4) is 0 Å². The Morgan fingerprint density at radius 1 is 1.50 bits per heavy atom. The van der Waals surface area contributed by atoms with Gasteiger partial charge in [0, 0.05) is 32.0 Å². The van der Waals surface area contributed by atoms with E-state index in [2.05, 4.69) is 4.98 Å². The highest BCUT2D eigenvalue weighted by atomic mass is 16.5. The lowest BCUT2D eigenvalue weighted by molar-refractivity contribution is -0.149. The molecule has 1 aromatic rings. The van der Waals surface area contributed by atoms with Crippen molar-refractivity contribution in [1.29, 1.82) is 0 Å². The summed E-state index contributed by atoms with van der Waals surface area (Å²) in [6.07, 6.45) is 3.40. The molecule has 2 rings (SSSR count). The summed E-state index contributed by atoms with van der Waals surface area (Å²) in [5, 5.41) is 0. The van der Waals surface area contributed by atoms with Crippen molar-refractivity contribution < 1.29 is 9.53 Å². The van der Waals surface area contributed by atoms with Crippen LogP contribution in [0.25, 0.3) is 0 Å². The van der Waals surface area contributed by atoms with Gasteiger partial charge >= 0.3 is 0 Å². The first-order valence-corrected chi connectivity index (χ1v) is 5.28. The van der Waals surface area contributed by atoms with E-state index in [0.29, 0.717) is 19.6 Å². The topological polar surface area (TPSA) is 68.5 Å². The number of ether oxygens (including phenoxy) is 1. The van der Waals surface area contributed by atoms with Gasteiger partial charge in [0.1, 0.15) is 6.61 Å². The van der Waals surface area contributed by atoms with Crippen LogP contribution < -0.4 is 5.73 Å². The first-order chi connectivity index (χ1) is 7.79. The van der Waals surface area contributed by atoms with E-state index in [1.165, 1.54) is 0 Å². The molecule has 5 heteroatoms. The number of hydrogen-bond acceptors (Lipinski definition) is 4. The van der Waals surface area contributed by atoms with Crippen LogP contribution in [0.1, 0.15) is 5.56 Å². The van der Waals surface area contributed by atoms with Crippen molar-refractivity contribution in [1.82, 2.24) is 9.88 Å². The Bertz CT molecular complexity index is 356. The molecular formula is C11H15N3O2. The van der Waals surface area contributed by atoms with Gasteiger partial charge in [-0.05, 0) is 17.7 Å². The van der Waals surface area contributed by atoms with Crippen LogP contribution in [0, 0.1) is 0 Å². The summed E-state index contributed by atoms with van der Waals surface area (Å²) in [4.78, 5) is 17.3. The lowest BCUT2D eigenvalue weighted by Crippen LogP contribution is -2.48. The van der Waals surface area contributed by atoms with Crippen molar-refractivity contribution in [2.24, 2.45) is 5.73 Å². The maximum absolute atomic E-state index is 11.6. The fourth-order valence-corrected chi connectivity index (χ4v) is 1.68. The van der Waals surface area contributed by atoms with E-state index in [1.807, 2.05) is 12.1 Å². The number of aromatic nitrogens is 1. The number of nitrogens with zero attached hydrogens (tertiary/aromatic N) is 2. The van der Waals surface area contributed by atoms with Gasteiger partial charge in [-0.3, -0.25) is 9.78 Å². The van der Waals surface area contributed by atoms with Crippen LogP contribution in [0.2, 0.25) is 0 Å². The van der Waals surface area contributed by atoms with E-state index in [1.54, 1.807) is 17.3 Å². The summed E-state index contributed by atoms with van der Waals surface area (Å²) in [6.45, 7) is 1.74. The second-order valence-corrected chi connectivity index (χ2v) is 3.80. The van der Waals surface area contributed by atoms with Gasteiger partial charge in [0.2, 0.25) is 5.91 Å². The molecule has 1 atom stereocenters. The number of carbonyl (C=O) groups excluding carboxylic acids is 1. The molecule has 0 radical (unpaired) electrons. The number of carbonyl (C=O) groups is 1. The van der Waals surface area contributed by atoms with E-state index >= 15 is 0 Å². The largest absolute Gasteiger partial charge is 0.365 e. The van der Waals surface area contributed by atoms with Crippen LogP contribution in [0.4, 0.5) is 0 Å². The molecule has 0 aromatic carbocycles. The van der Waals surface area contributed by atoms with E-state index in [0.717, 1.165) is 5.56 Å². The Morgan fingerprint density at radius 2 is 2.25 bits per heavy atom. The van der Waals surface area contributed by atoms with Gasteiger partial charge in [-0.1, -0.05) is 0 Å². The quantitative estimate of drug-likeness (QED) is 0.765. The van der Waals surface area contributed by atoms with Crippen molar-refractivity contribution in [3.05, 3.63) is 30.1 Å². The molecule has 16 heavy (non-hydrogen) atoms. The average Bonchev–Trinajstić information content (AvgIpc) is 2.33. The molecule has 0 bridgehead atoms. The number of pyridine rings is 1. The molecule has 0 spiro atoms. The predicted molar refractivity (Wildman–Crippen MR) is 58.4 cm³/mol. The third kappa shape index (κ3) is 2.56. The van der Waals surface area contributed by atoms with Crippen molar-refractivity contribution in [3.8, 4) is 0 Å². The maximum Gasteiger partial charge on any atom is 0.248 e. The molecule has 1 aliphatic heterocycles. The summed E-state index contributed by atoms with van der Waals surface area (Å²) < 4.78 is 5.28. The van der Waals surface area contributed by atoms with Crippen molar-refractivity contribution >= 4 is 5.91 Å². The van der Waals surface area contributed by atoms with Gasteiger partial charge in [0.05, 0.1) is 6.10 Å². The van der Waals surface area contributed by atoms with Gasteiger partial charge < -0.3 is 15.4 Å². The Hall–Kier alpha value is -1.46. The smallest absolute Gasteiger partial charge is 0.248 e. The van der Waals surface area contributed by atoms with Crippen LogP contribution in [-0.4, -0.2) is 41.6 Å². The molecular weight excluding hydrogens is 206 g/mol. The molecule has 1 amide bonds. The Morgan fingerprint density at radius 3 is 2.94 bits per heavy atom. The lowest BCUT2D eigenvalue weighted by Gasteiger charge is -2.32. The first kappa shape index (κ1) is 11.0. The normalized spacial score (nSPS) is 21.2. The summed E-state index contributed by atoms with van der Waals surface area (Å²) in [5.41, 5.74) is 6.60. The Labute approximate surface area is 94.2 Å². The van der Waals surface area contributed by atoms with Crippen LogP contribution in [0.5, 0.6) is 0 Å². The summed E-state index contributed by atoms with van der Waals surface area (Å²) in [6, 6.07) is 3.81. The standard InChI is InChI=1S/C11H15N3O2/c12-5-10-7-14(11(15)8-16-10)6-9-1-3-13-4-2-9/h1-4,10H,5-8,12H2. The molecule has 5 nitrogen and oxygen atoms in total. The molecule has 1 aliphatic rings. The number of rotatable bonds is 3. The monoisotopic (exact) mass is 221 g/mol. The molecule has 1 unspecified atom stereocenters. The number of amides is 1. The molecule has 2 N–H and O–H groups in total. The van der Waals surface area contributed by atoms with Gasteiger partial charge in [-0.15, -0.1) is 0 Å². The lowest BCUT2D eigenvalue weighted by atomic mass is 10.2. The SMILES string of the molecule is NCC1CN(Cc2ccncc2)C(=O)CO1.